The van der Waals surface area contributed by atoms with Gasteiger partial charge in [0.15, 0.2) is 0 Å². The topological polar surface area (TPSA) is 74.4 Å². The van der Waals surface area contributed by atoms with Gasteiger partial charge in [0, 0.05) is 30.9 Å². The van der Waals surface area contributed by atoms with Crippen molar-refractivity contribution < 1.29 is 9.47 Å². The molecule has 1 saturated heterocycles. The van der Waals surface area contributed by atoms with E-state index in [1.165, 1.54) is 4.68 Å². The van der Waals surface area contributed by atoms with Crippen LogP contribution in [0.4, 0.5) is 5.69 Å². The number of ether oxygens (including phenoxy) is 2. The summed E-state index contributed by atoms with van der Waals surface area (Å²) in [5, 5.41) is 10.5. The van der Waals surface area contributed by atoms with E-state index in [9.17, 15) is 4.79 Å². The maximum Gasteiger partial charge on any atom is 0.290 e. The zero-order chi connectivity index (χ0) is 22.8. The fourth-order valence-electron chi connectivity index (χ4n) is 4.59. The second-order valence-electron chi connectivity index (χ2n) is 9.89. The van der Waals surface area contributed by atoms with Crippen LogP contribution in [0, 0.1) is 5.41 Å². The predicted molar refractivity (Wildman–Crippen MR) is 139 cm³/mol. The number of hydrogen-bond donors (Lipinski definition) is 0. The van der Waals surface area contributed by atoms with Crippen LogP contribution < -0.4 is 15.2 Å². The highest BCUT2D eigenvalue weighted by molar-refractivity contribution is 14.2. The van der Waals surface area contributed by atoms with E-state index >= 15 is 0 Å². The molecule has 8 nitrogen and oxygen atoms in total. The Morgan fingerprint density at radius 3 is 2.73 bits per heavy atom. The molecule has 174 valence electrons. The summed E-state index contributed by atoms with van der Waals surface area (Å²) >= 11 is 2.34. The van der Waals surface area contributed by atoms with Crippen molar-refractivity contribution >= 4 is 45.0 Å². The van der Waals surface area contributed by atoms with E-state index in [2.05, 4.69) is 51.1 Å². The maximum atomic E-state index is 13.1. The molecule has 1 aromatic carbocycles. The van der Waals surface area contributed by atoms with Gasteiger partial charge in [-0.05, 0) is 78.9 Å². The molecule has 2 saturated carbocycles. The van der Waals surface area contributed by atoms with Crippen molar-refractivity contribution in [3.8, 4) is 17.1 Å². The molecule has 0 amide bonds. The van der Waals surface area contributed by atoms with E-state index < -0.39 is 0 Å². The van der Waals surface area contributed by atoms with Crippen molar-refractivity contribution in [1.82, 2.24) is 19.3 Å². The minimum Gasteiger partial charge on any atom is -0.488 e. The molecule has 0 bridgehead atoms. The highest BCUT2D eigenvalue weighted by Crippen LogP contribution is 2.48. The van der Waals surface area contributed by atoms with Crippen molar-refractivity contribution in [2.75, 3.05) is 31.2 Å². The van der Waals surface area contributed by atoms with Gasteiger partial charge < -0.3 is 14.4 Å². The summed E-state index contributed by atoms with van der Waals surface area (Å²) in [7, 11) is 1.72. The second-order valence-corrected chi connectivity index (χ2v) is 11.9. The Labute approximate surface area is 206 Å². The van der Waals surface area contributed by atoms with Crippen LogP contribution in [0.25, 0.3) is 22.3 Å². The predicted octanol–water partition coefficient (Wildman–Crippen LogP) is 4.14. The van der Waals surface area contributed by atoms with Crippen molar-refractivity contribution in [3.05, 3.63) is 34.6 Å². The van der Waals surface area contributed by atoms with Gasteiger partial charge in [0.2, 0.25) is 0 Å². The van der Waals surface area contributed by atoms with Gasteiger partial charge in [-0.15, -0.1) is 0 Å². The summed E-state index contributed by atoms with van der Waals surface area (Å²) in [4.78, 5) is 15.3. The van der Waals surface area contributed by atoms with Crippen LogP contribution in [0.3, 0.4) is 0 Å². The lowest BCUT2D eigenvalue weighted by molar-refractivity contribution is 0.116. The Morgan fingerprint density at radius 2 is 2.00 bits per heavy atom. The zero-order valence-corrected chi connectivity index (χ0v) is 22.0. The van der Waals surface area contributed by atoms with Crippen LogP contribution >= 0.6 is 28.4 Å². The molecule has 3 aromatic rings. The first-order valence-electron chi connectivity index (χ1n) is 11.4. The normalized spacial score (nSPS) is 21.1. The summed E-state index contributed by atoms with van der Waals surface area (Å²) in [6, 6.07) is 8.09. The van der Waals surface area contributed by atoms with E-state index in [1.54, 1.807) is 7.05 Å². The zero-order valence-electron chi connectivity index (χ0n) is 18.8. The number of halogens is 1. The molecule has 1 unspecified atom stereocenters. The molecule has 10 heteroatoms. The SMILES string of the molecule is Cn1nc(-c2nn(PI)c3ccc(OC4(C)CC4)cc23)cc(N2CCOCC3(CC3)C2)c1=O. The number of aryl methyl sites for hydroxylation is 1. The van der Waals surface area contributed by atoms with Gasteiger partial charge in [-0.1, -0.05) is 0 Å². The van der Waals surface area contributed by atoms with Gasteiger partial charge in [-0.3, -0.25) is 4.79 Å². The van der Waals surface area contributed by atoms with E-state index in [0.29, 0.717) is 30.9 Å². The summed E-state index contributed by atoms with van der Waals surface area (Å²) in [6.45, 7) is 5.13. The number of anilines is 1. The summed E-state index contributed by atoms with van der Waals surface area (Å²) in [5.41, 5.74) is 3.28. The molecule has 1 spiro atoms. The monoisotopic (exact) mass is 579 g/mol. The summed E-state index contributed by atoms with van der Waals surface area (Å²) in [5.74, 6) is 0.852. The van der Waals surface area contributed by atoms with Gasteiger partial charge in [-0.25, -0.2) is 9.13 Å². The highest BCUT2D eigenvalue weighted by Gasteiger charge is 2.46. The largest absolute Gasteiger partial charge is 0.488 e. The third-order valence-corrected chi connectivity index (χ3v) is 8.95. The smallest absolute Gasteiger partial charge is 0.290 e. The van der Waals surface area contributed by atoms with Gasteiger partial charge in [0.05, 0.1) is 25.1 Å². The Balaban J connectivity index is 1.45. The average Bonchev–Trinajstić information content (AvgIpc) is 3.71. The number of nitrogens with zero attached hydrogens (tertiary/aromatic N) is 5. The lowest BCUT2D eigenvalue weighted by atomic mass is 10.1. The van der Waals surface area contributed by atoms with E-state index in [-0.39, 0.29) is 16.6 Å². The molecule has 3 heterocycles. The highest BCUT2D eigenvalue weighted by atomic mass is 127. The molecule has 3 aliphatic rings. The molecule has 2 aromatic heterocycles. The molecule has 33 heavy (non-hydrogen) atoms. The van der Waals surface area contributed by atoms with Crippen molar-refractivity contribution in [2.45, 2.75) is 38.2 Å². The number of fused-ring (bicyclic) bond motifs is 1. The van der Waals surface area contributed by atoms with Crippen molar-refractivity contribution in [3.63, 3.8) is 0 Å². The Hall–Kier alpha value is -1.71. The fourth-order valence-corrected chi connectivity index (χ4v) is 6.12. The molecular formula is C23H27IN5O3P. The van der Waals surface area contributed by atoms with Crippen LogP contribution in [0.5, 0.6) is 5.75 Å². The lowest BCUT2D eigenvalue weighted by Crippen LogP contribution is -2.37. The Morgan fingerprint density at radius 1 is 1.18 bits per heavy atom. The first kappa shape index (κ1) is 21.8. The van der Waals surface area contributed by atoms with Gasteiger partial charge in [-0.2, -0.15) is 10.2 Å². The second kappa shape index (κ2) is 7.92. The van der Waals surface area contributed by atoms with Crippen LogP contribution in [-0.4, -0.2) is 51.2 Å². The van der Waals surface area contributed by atoms with Gasteiger partial charge in [0.25, 0.3) is 5.56 Å². The van der Waals surface area contributed by atoms with Crippen LogP contribution in [0.15, 0.2) is 29.1 Å². The quantitative estimate of drug-likeness (QED) is 0.335. The van der Waals surface area contributed by atoms with E-state index in [4.69, 9.17) is 14.6 Å². The summed E-state index contributed by atoms with van der Waals surface area (Å²) < 4.78 is 15.5. The third kappa shape index (κ3) is 4.06. The molecule has 6 rings (SSSR count). The first-order valence-corrected chi connectivity index (χ1v) is 15.4. The van der Waals surface area contributed by atoms with Gasteiger partial charge in [0.1, 0.15) is 28.4 Å². The molecule has 2 aliphatic carbocycles. The van der Waals surface area contributed by atoms with E-state index in [0.717, 1.165) is 61.2 Å². The fraction of sp³-hybridized carbons (Fsp3) is 0.522. The van der Waals surface area contributed by atoms with Crippen molar-refractivity contribution in [1.29, 1.82) is 0 Å². The Bertz CT molecular complexity index is 1300. The lowest BCUT2D eigenvalue weighted by Gasteiger charge is -2.25. The van der Waals surface area contributed by atoms with Crippen LogP contribution in [0.2, 0.25) is 0 Å². The number of hydrogen-bond acceptors (Lipinski definition) is 6. The van der Waals surface area contributed by atoms with Gasteiger partial charge >= 0.3 is 0 Å². The molecule has 3 fully saturated rings. The number of aromatic nitrogens is 4. The minimum absolute atomic E-state index is 0.0511. The molecule has 0 N–H and O–H groups in total. The average molecular weight is 579 g/mol. The number of rotatable bonds is 5. The van der Waals surface area contributed by atoms with E-state index in [1.807, 2.05) is 16.6 Å². The van der Waals surface area contributed by atoms with Crippen LogP contribution in [-0.2, 0) is 11.8 Å². The molecule has 1 aliphatic heterocycles. The molecule has 0 radical (unpaired) electrons. The Kier molecular flexibility index (Phi) is 5.23. The third-order valence-electron chi connectivity index (χ3n) is 7.07. The molecular weight excluding hydrogens is 552 g/mol. The minimum atomic E-state index is -0.0818. The first-order chi connectivity index (χ1) is 15.9. The molecule has 1 atom stereocenters. The number of benzene rings is 1. The summed E-state index contributed by atoms with van der Waals surface area (Å²) in [6.07, 6.45) is 4.94. The van der Waals surface area contributed by atoms with Crippen LogP contribution in [0.1, 0.15) is 32.6 Å². The van der Waals surface area contributed by atoms with Crippen molar-refractivity contribution in [2.24, 2.45) is 12.5 Å². The standard InChI is InChI=1S/C23H27IN5O3P/c1-22(5-6-22)32-15-3-4-18-16(11-15)20(26-29(18)33-24)17-12-19(21(30)27(2)25-17)28-9-10-31-14-23(13-28)7-8-23/h3-4,11-12,33H,5-10,13-14H2,1-2H3. The maximum absolute atomic E-state index is 13.1.